The van der Waals surface area contributed by atoms with Crippen LogP contribution in [0.3, 0.4) is 0 Å². The Balaban J connectivity index is 2.06. The van der Waals surface area contributed by atoms with Gasteiger partial charge in [-0.15, -0.1) is 0 Å². The first-order valence-corrected chi connectivity index (χ1v) is 9.01. The van der Waals surface area contributed by atoms with E-state index in [0.29, 0.717) is 10.7 Å². The van der Waals surface area contributed by atoms with Crippen LogP contribution in [-0.4, -0.2) is 41.1 Å². The van der Waals surface area contributed by atoms with Gasteiger partial charge < -0.3 is 5.73 Å². The van der Waals surface area contributed by atoms with Crippen molar-refractivity contribution in [2.45, 2.75) is 76.1 Å². The molecule has 1 aliphatic carbocycles. The minimum Gasteiger partial charge on any atom is -0.329 e. The zero-order valence-corrected chi connectivity index (χ0v) is 14.1. The van der Waals surface area contributed by atoms with Crippen LogP contribution < -0.4 is 5.73 Å². The first-order valence-electron chi connectivity index (χ1n) is 7.96. The van der Waals surface area contributed by atoms with Crippen LogP contribution in [0.1, 0.15) is 59.3 Å². The van der Waals surface area contributed by atoms with Gasteiger partial charge in [0.25, 0.3) is 0 Å². The van der Waals surface area contributed by atoms with Crippen LogP contribution in [0, 0.1) is 5.41 Å². The van der Waals surface area contributed by atoms with Gasteiger partial charge in [0.1, 0.15) is 0 Å². The third-order valence-electron chi connectivity index (χ3n) is 5.79. The van der Waals surface area contributed by atoms with Gasteiger partial charge in [-0.2, -0.15) is 11.8 Å². The van der Waals surface area contributed by atoms with Crippen molar-refractivity contribution in [3.8, 4) is 0 Å². The Morgan fingerprint density at radius 1 is 1.21 bits per heavy atom. The number of likely N-dealkylation sites (N-methyl/N-ethyl adjacent to an activating group) is 1. The summed E-state index contributed by atoms with van der Waals surface area (Å²) < 4.78 is 0. The summed E-state index contributed by atoms with van der Waals surface area (Å²) in [5.41, 5.74) is 7.04. The van der Waals surface area contributed by atoms with Crippen LogP contribution in [-0.2, 0) is 0 Å². The maximum Gasteiger partial charge on any atom is 0.0447 e. The second kappa shape index (κ2) is 5.95. The van der Waals surface area contributed by atoms with E-state index in [4.69, 9.17) is 5.73 Å². The Morgan fingerprint density at radius 2 is 1.84 bits per heavy atom. The Bertz CT molecular complexity index is 295. The average molecular weight is 285 g/mol. The molecule has 0 amide bonds. The Labute approximate surface area is 123 Å². The molecule has 3 heteroatoms. The molecule has 1 heterocycles. The van der Waals surface area contributed by atoms with Crippen LogP contribution in [0.25, 0.3) is 0 Å². The smallest absolute Gasteiger partial charge is 0.0447 e. The molecule has 2 rings (SSSR count). The van der Waals surface area contributed by atoms with Crippen molar-refractivity contribution in [3.63, 3.8) is 0 Å². The molecule has 19 heavy (non-hydrogen) atoms. The monoisotopic (exact) mass is 284 g/mol. The molecule has 2 unspecified atom stereocenters. The zero-order chi connectivity index (χ0) is 14.1. The van der Waals surface area contributed by atoms with Crippen LogP contribution >= 0.6 is 11.8 Å². The van der Waals surface area contributed by atoms with Crippen molar-refractivity contribution >= 4 is 11.8 Å². The maximum absolute atomic E-state index is 6.23. The molecule has 0 aromatic carbocycles. The van der Waals surface area contributed by atoms with Crippen LogP contribution in [0.15, 0.2) is 0 Å². The first-order chi connectivity index (χ1) is 8.91. The predicted molar refractivity (Wildman–Crippen MR) is 86.7 cm³/mol. The van der Waals surface area contributed by atoms with E-state index >= 15 is 0 Å². The van der Waals surface area contributed by atoms with Crippen molar-refractivity contribution in [2.75, 3.05) is 19.3 Å². The van der Waals surface area contributed by atoms with Crippen LogP contribution in [0.5, 0.6) is 0 Å². The van der Waals surface area contributed by atoms with Crippen molar-refractivity contribution < 1.29 is 0 Å². The summed E-state index contributed by atoms with van der Waals surface area (Å²) in [5, 5.41) is 0.672. The van der Waals surface area contributed by atoms with Gasteiger partial charge in [0, 0.05) is 23.4 Å². The molecular formula is C16H32N2S. The summed E-state index contributed by atoms with van der Waals surface area (Å²) >= 11 is 2.12. The Hall–Kier alpha value is 0.270. The topological polar surface area (TPSA) is 29.3 Å². The molecule has 1 aliphatic heterocycles. The molecule has 2 fully saturated rings. The fraction of sp³-hybridized carbons (Fsp3) is 1.00. The van der Waals surface area contributed by atoms with E-state index in [2.05, 4.69) is 44.5 Å². The zero-order valence-electron chi connectivity index (χ0n) is 13.2. The highest BCUT2D eigenvalue weighted by atomic mass is 32.2. The van der Waals surface area contributed by atoms with Crippen molar-refractivity contribution in [3.05, 3.63) is 0 Å². The van der Waals surface area contributed by atoms with E-state index in [0.717, 1.165) is 12.6 Å². The lowest BCUT2D eigenvalue weighted by Gasteiger charge is -2.53. The van der Waals surface area contributed by atoms with E-state index in [1.807, 2.05) is 0 Å². The van der Waals surface area contributed by atoms with E-state index in [-0.39, 0.29) is 5.54 Å². The second-order valence-corrected chi connectivity index (χ2v) is 8.88. The van der Waals surface area contributed by atoms with E-state index in [1.54, 1.807) is 0 Å². The summed E-state index contributed by atoms with van der Waals surface area (Å²) in [6.07, 6.45) is 8.04. The molecule has 0 radical (unpaired) electrons. The maximum atomic E-state index is 6.23. The third-order valence-corrected chi connectivity index (χ3v) is 7.25. The number of thioether (sulfide) groups is 1. The molecule has 0 aromatic rings. The minimum absolute atomic E-state index is 0.245. The largest absolute Gasteiger partial charge is 0.329 e. The summed E-state index contributed by atoms with van der Waals surface area (Å²) in [4.78, 5) is 2.68. The number of nitrogens with zero attached hydrogens (tertiary/aromatic N) is 1. The van der Waals surface area contributed by atoms with E-state index < -0.39 is 0 Å². The Morgan fingerprint density at radius 3 is 2.37 bits per heavy atom. The highest BCUT2D eigenvalue weighted by Gasteiger charge is 2.44. The van der Waals surface area contributed by atoms with Crippen molar-refractivity contribution in [2.24, 2.45) is 11.1 Å². The number of nitrogens with two attached hydrogens (primary N) is 1. The molecule has 112 valence electrons. The molecule has 0 bridgehead atoms. The number of hydrogen-bond acceptors (Lipinski definition) is 3. The van der Waals surface area contributed by atoms with Gasteiger partial charge in [-0.05, 0) is 56.7 Å². The van der Waals surface area contributed by atoms with Crippen molar-refractivity contribution in [1.82, 2.24) is 4.90 Å². The highest BCUT2D eigenvalue weighted by Crippen LogP contribution is 2.43. The van der Waals surface area contributed by atoms with Gasteiger partial charge in [-0.3, -0.25) is 4.90 Å². The molecule has 1 saturated heterocycles. The molecule has 1 saturated carbocycles. The first kappa shape index (κ1) is 15.7. The van der Waals surface area contributed by atoms with Crippen LogP contribution in [0.2, 0.25) is 0 Å². The predicted octanol–water partition coefficient (Wildman–Crippen LogP) is 3.50. The van der Waals surface area contributed by atoms with Crippen LogP contribution in [0.4, 0.5) is 0 Å². The molecule has 0 aromatic heterocycles. The van der Waals surface area contributed by atoms with E-state index in [9.17, 15) is 0 Å². The van der Waals surface area contributed by atoms with Gasteiger partial charge in [0.2, 0.25) is 0 Å². The third kappa shape index (κ3) is 3.14. The fourth-order valence-electron chi connectivity index (χ4n) is 4.01. The van der Waals surface area contributed by atoms with Gasteiger partial charge in [0.05, 0.1) is 0 Å². The van der Waals surface area contributed by atoms with E-state index in [1.165, 1.54) is 44.3 Å². The lowest BCUT2D eigenvalue weighted by Crippen LogP contribution is -2.62. The standard InChI is InChI=1S/C16H32N2S/c1-13-16(12-17,8-5-11-19-13)18(4)14-6-9-15(2,3)10-7-14/h13-14H,5-12,17H2,1-4H3. The highest BCUT2D eigenvalue weighted by molar-refractivity contribution is 8.00. The summed E-state index contributed by atoms with van der Waals surface area (Å²) in [6, 6.07) is 0.748. The minimum atomic E-state index is 0.245. The summed E-state index contributed by atoms with van der Waals surface area (Å²) in [6.45, 7) is 8.04. The Kier molecular flexibility index (Phi) is 4.90. The molecule has 2 aliphatic rings. The summed E-state index contributed by atoms with van der Waals surface area (Å²) in [5.74, 6) is 1.31. The average Bonchev–Trinajstić information content (AvgIpc) is 2.39. The molecule has 0 spiro atoms. The lowest BCUT2D eigenvalue weighted by atomic mass is 9.74. The number of rotatable bonds is 3. The van der Waals surface area contributed by atoms with Crippen molar-refractivity contribution in [1.29, 1.82) is 0 Å². The van der Waals surface area contributed by atoms with Gasteiger partial charge >= 0.3 is 0 Å². The number of hydrogen-bond donors (Lipinski definition) is 1. The molecular weight excluding hydrogens is 252 g/mol. The van der Waals surface area contributed by atoms with Gasteiger partial charge in [0.15, 0.2) is 0 Å². The molecule has 2 nitrogen and oxygen atoms in total. The fourth-order valence-corrected chi connectivity index (χ4v) is 5.36. The second-order valence-electron chi connectivity index (χ2n) is 7.43. The van der Waals surface area contributed by atoms with Gasteiger partial charge in [-0.25, -0.2) is 0 Å². The lowest BCUT2D eigenvalue weighted by molar-refractivity contribution is 0.0292. The quantitative estimate of drug-likeness (QED) is 0.860. The molecule has 2 N–H and O–H groups in total. The summed E-state index contributed by atoms with van der Waals surface area (Å²) in [7, 11) is 2.35. The molecule has 2 atom stereocenters. The van der Waals surface area contributed by atoms with Gasteiger partial charge in [-0.1, -0.05) is 20.8 Å². The SMILES string of the molecule is CC1SCCCC1(CN)N(C)C1CCC(C)(C)CC1. The normalized spacial score (nSPS) is 36.6.